The van der Waals surface area contributed by atoms with Crippen molar-refractivity contribution in [1.82, 2.24) is 9.78 Å². The smallest absolute Gasteiger partial charge is 0.153 e. The Balaban J connectivity index is 2.45. The van der Waals surface area contributed by atoms with Gasteiger partial charge in [0.05, 0.1) is 10.6 Å². The standard InChI is InChI=1S/C14H14ClFN2O/c1-9(2)6-18-7-11(8-19)14(17-18)10-3-4-12(15)13(16)5-10/h3-5,7-9H,6H2,1-2H3. The maximum absolute atomic E-state index is 13.5. The van der Waals surface area contributed by atoms with Crippen LogP contribution in [0.2, 0.25) is 5.02 Å². The first-order chi connectivity index (χ1) is 9.01. The number of halogens is 2. The van der Waals surface area contributed by atoms with Crippen molar-refractivity contribution in [3.63, 3.8) is 0 Å². The van der Waals surface area contributed by atoms with E-state index >= 15 is 0 Å². The van der Waals surface area contributed by atoms with Crippen molar-refractivity contribution in [2.24, 2.45) is 5.92 Å². The molecule has 0 atom stereocenters. The van der Waals surface area contributed by atoms with Crippen LogP contribution in [0.5, 0.6) is 0 Å². The highest BCUT2D eigenvalue weighted by Crippen LogP contribution is 2.25. The highest BCUT2D eigenvalue weighted by molar-refractivity contribution is 6.30. The Morgan fingerprint density at radius 3 is 2.79 bits per heavy atom. The SMILES string of the molecule is CC(C)Cn1cc(C=O)c(-c2ccc(Cl)c(F)c2)n1. The second-order valence-electron chi connectivity index (χ2n) is 4.80. The largest absolute Gasteiger partial charge is 0.298 e. The van der Waals surface area contributed by atoms with Gasteiger partial charge in [-0.05, 0) is 18.1 Å². The number of aromatic nitrogens is 2. The third kappa shape index (κ3) is 3.01. The highest BCUT2D eigenvalue weighted by atomic mass is 35.5. The van der Waals surface area contributed by atoms with Crippen molar-refractivity contribution >= 4 is 17.9 Å². The first-order valence-corrected chi connectivity index (χ1v) is 6.37. The Labute approximate surface area is 116 Å². The van der Waals surface area contributed by atoms with Gasteiger partial charge in [0.2, 0.25) is 0 Å². The number of nitrogens with zero attached hydrogens (tertiary/aromatic N) is 2. The lowest BCUT2D eigenvalue weighted by Gasteiger charge is -2.04. The minimum Gasteiger partial charge on any atom is -0.298 e. The maximum atomic E-state index is 13.5. The molecule has 0 saturated carbocycles. The number of hydrogen-bond acceptors (Lipinski definition) is 2. The van der Waals surface area contributed by atoms with E-state index in [9.17, 15) is 9.18 Å². The van der Waals surface area contributed by atoms with Crippen LogP contribution in [-0.4, -0.2) is 16.1 Å². The molecule has 1 aromatic heterocycles. The summed E-state index contributed by atoms with van der Waals surface area (Å²) in [4.78, 5) is 11.1. The van der Waals surface area contributed by atoms with Gasteiger partial charge in [0, 0.05) is 18.3 Å². The minimum atomic E-state index is -0.519. The average Bonchev–Trinajstić information content (AvgIpc) is 2.74. The Bertz CT molecular complexity index is 607. The molecule has 2 aromatic rings. The third-order valence-corrected chi connectivity index (χ3v) is 2.97. The van der Waals surface area contributed by atoms with Gasteiger partial charge in [0.1, 0.15) is 11.5 Å². The predicted molar refractivity (Wildman–Crippen MR) is 72.9 cm³/mol. The van der Waals surface area contributed by atoms with Crippen LogP contribution < -0.4 is 0 Å². The molecule has 0 N–H and O–H groups in total. The normalized spacial score (nSPS) is 11.0. The van der Waals surface area contributed by atoms with Crippen LogP contribution in [0.25, 0.3) is 11.3 Å². The zero-order valence-corrected chi connectivity index (χ0v) is 11.5. The molecule has 0 aliphatic rings. The summed E-state index contributed by atoms with van der Waals surface area (Å²) in [7, 11) is 0. The summed E-state index contributed by atoms with van der Waals surface area (Å²) >= 11 is 5.65. The molecule has 0 fully saturated rings. The van der Waals surface area contributed by atoms with E-state index in [1.165, 1.54) is 12.1 Å². The van der Waals surface area contributed by atoms with Crippen LogP contribution in [0.15, 0.2) is 24.4 Å². The summed E-state index contributed by atoms with van der Waals surface area (Å²) < 4.78 is 15.2. The fourth-order valence-electron chi connectivity index (χ4n) is 1.86. The minimum absolute atomic E-state index is 0.0537. The van der Waals surface area contributed by atoms with Crippen molar-refractivity contribution < 1.29 is 9.18 Å². The fourth-order valence-corrected chi connectivity index (χ4v) is 1.98. The molecule has 0 amide bonds. The van der Waals surface area contributed by atoms with E-state index in [2.05, 4.69) is 18.9 Å². The highest BCUT2D eigenvalue weighted by Gasteiger charge is 2.13. The molecular formula is C14H14ClFN2O. The van der Waals surface area contributed by atoms with Crippen LogP contribution in [0.3, 0.4) is 0 Å². The van der Waals surface area contributed by atoms with E-state index in [0.717, 1.165) is 6.29 Å². The summed E-state index contributed by atoms with van der Waals surface area (Å²) in [6.07, 6.45) is 2.40. The lowest BCUT2D eigenvalue weighted by molar-refractivity contribution is 0.112. The van der Waals surface area contributed by atoms with E-state index in [1.54, 1.807) is 16.9 Å². The van der Waals surface area contributed by atoms with Gasteiger partial charge in [0.25, 0.3) is 0 Å². The van der Waals surface area contributed by atoms with Gasteiger partial charge in [-0.2, -0.15) is 5.10 Å². The molecule has 0 aliphatic carbocycles. The lowest BCUT2D eigenvalue weighted by atomic mass is 10.1. The second kappa shape index (κ2) is 5.53. The van der Waals surface area contributed by atoms with Gasteiger partial charge in [0.15, 0.2) is 6.29 Å². The summed E-state index contributed by atoms with van der Waals surface area (Å²) in [6.45, 7) is 4.82. The van der Waals surface area contributed by atoms with Crippen molar-refractivity contribution in [3.8, 4) is 11.3 Å². The lowest BCUT2D eigenvalue weighted by Crippen LogP contribution is -2.04. The maximum Gasteiger partial charge on any atom is 0.153 e. The van der Waals surface area contributed by atoms with Crippen molar-refractivity contribution in [2.75, 3.05) is 0 Å². The molecule has 19 heavy (non-hydrogen) atoms. The molecule has 1 heterocycles. The molecule has 0 bridgehead atoms. The van der Waals surface area contributed by atoms with E-state index in [0.29, 0.717) is 29.3 Å². The Kier molecular flexibility index (Phi) is 4.00. The summed E-state index contributed by atoms with van der Waals surface area (Å²) in [5, 5.41) is 4.39. The molecule has 0 aliphatic heterocycles. The summed E-state index contributed by atoms with van der Waals surface area (Å²) in [5.74, 6) is -0.108. The van der Waals surface area contributed by atoms with Crippen molar-refractivity contribution in [1.29, 1.82) is 0 Å². The van der Waals surface area contributed by atoms with E-state index in [4.69, 9.17) is 11.6 Å². The van der Waals surface area contributed by atoms with Crippen LogP contribution >= 0.6 is 11.6 Å². The Morgan fingerprint density at radius 2 is 2.21 bits per heavy atom. The molecule has 0 spiro atoms. The van der Waals surface area contributed by atoms with Gasteiger partial charge in [-0.15, -0.1) is 0 Å². The number of hydrogen-bond donors (Lipinski definition) is 0. The number of aldehydes is 1. The molecule has 0 unspecified atom stereocenters. The van der Waals surface area contributed by atoms with Gasteiger partial charge in [-0.1, -0.05) is 31.5 Å². The number of carbonyl (C=O) groups excluding carboxylic acids is 1. The number of benzene rings is 1. The molecule has 0 radical (unpaired) electrons. The average molecular weight is 281 g/mol. The van der Waals surface area contributed by atoms with Gasteiger partial charge >= 0.3 is 0 Å². The molecular weight excluding hydrogens is 267 g/mol. The predicted octanol–water partition coefficient (Wildman–Crippen LogP) is 3.81. The van der Waals surface area contributed by atoms with E-state index < -0.39 is 5.82 Å². The van der Waals surface area contributed by atoms with E-state index in [1.807, 2.05) is 0 Å². The molecule has 3 nitrogen and oxygen atoms in total. The monoisotopic (exact) mass is 280 g/mol. The molecule has 5 heteroatoms. The molecule has 1 aromatic carbocycles. The number of carbonyl (C=O) groups is 1. The fraction of sp³-hybridized carbons (Fsp3) is 0.286. The number of rotatable bonds is 4. The van der Waals surface area contributed by atoms with Crippen LogP contribution in [0.4, 0.5) is 4.39 Å². The molecule has 0 saturated heterocycles. The molecule has 100 valence electrons. The zero-order chi connectivity index (χ0) is 14.0. The quantitative estimate of drug-likeness (QED) is 0.798. The first kappa shape index (κ1) is 13.7. The van der Waals surface area contributed by atoms with Crippen LogP contribution in [-0.2, 0) is 6.54 Å². The van der Waals surface area contributed by atoms with E-state index in [-0.39, 0.29) is 5.02 Å². The Morgan fingerprint density at radius 1 is 1.47 bits per heavy atom. The topological polar surface area (TPSA) is 34.9 Å². The first-order valence-electron chi connectivity index (χ1n) is 5.99. The summed E-state index contributed by atoms with van der Waals surface area (Å²) in [5.41, 5.74) is 1.47. The Hall–Kier alpha value is -1.68. The van der Waals surface area contributed by atoms with Crippen LogP contribution in [0, 0.1) is 11.7 Å². The zero-order valence-electron chi connectivity index (χ0n) is 10.7. The van der Waals surface area contributed by atoms with Crippen molar-refractivity contribution in [3.05, 3.63) is 40.8 Å². The van der Waals surface area contributed by atoms with Gasteiger partial charge in [-0.3, -0.25) is 9.48 Å². The van der Waals surface area contributed by atoms with Crippen molar-refractivity contribution in [2.45, 2.75) is 20.4 Å². The van der Waals surface area contributed by atoms with Gasteiger partial charge < -0.3 is 0 Å². The van der Waals surface area contributed by atoms with Crippen LogP contribution in [0.1, 0.15) is 24.2 Å². The molecule has 2 rings (SSSR count). The summed E-state index contributed by atoms with van der Waals surface area (Å²) in [6, 6.07) is 4.40. The second-order valence-corrected chi connectivity index (χ2v) is 5.20. The third-order valence-electron chi connectivity index (χ3n) is 2.66. The van der Waals surface area contributed by atoms with Gasteiger partial charge in [-0.25, -0.2) is 4.39 Å².